The van der Waals surface area contributed by atoms with Gasteiger partial charge in [-0.25, -0.2) is 17.5 Å². The summed E-state index contributed by atoms with van der Waals surface area (Å²) in [7, 11) is -1.39. The standard InChI is InChI=1S/C14H17FN4O3S/c1-19-8-11(18-23(2,20)21)7-12(19)14-16-13(17-22-14)9-3-5-10(15)6-4-9/h3-6,11-12,18H,7-8H2,1-2H3/t11-,12-/m0/s1. The van der Waals surface area contributed by atoms with Crippen LogP contribution in [0.25, 0.3) is 11.4 Å². The van der Waals surface area contributed by atoms with Crippen molar-refractivity contribution in [3.63, 3.8) is 0 Å². The van der Waals surface area contributed by atoms with E-state index in [0.717, 1.165) is 6.26 Å². The highest BCUT2D eigenvalue weighted by atomic mass is 32.2. The number of hydrogen-bond donors (Lipinski definition) is 1. The smallest absolute Gasteiger partial charge is 0.244 e. The summed E-state index contributed by atoms with van der Waals surface area (Å²) in [5.74, 6) is 0.472. The third-order valence-electron chi connectivity index (χ3n) is 3.76. The van der Waals surface area contributed by atoms with Gasteiger partial charge < -0.3 is 4.52 Å². The molecule has 1 fully saturated rings. The lowest BCUT2D eigenvalue weighted by Crippen LogP contribution is -2.35. The van der Waals surface area contributed by atoms with E-state index in [0.29, 0.717) is 30.2 Å². The molecule has 1 aliphatic rings. The van der Waals surface area contributed by atoms with Crippen LogP contribution in [0, 0.1) is 5.82 Å². The summed E-state index contributed by atoms with van der Waals surface area (Å²) in [6.07, 6.45) is 1.69. The Balaban J connectivity index is 1.76. The molecule has 0 aliphatic carbocycles. The fraction of sp³-hybridized carbons (Fsp3) is 0.429. The van der Waals surface area contributed by atoms with Crippen LogP contribution >= 0.6 is 0 Å². The van der Waals surface area contributed by atoms with Gasteiger partial charge in [0, 0.05) is 18.2 Å². The minimum Gasteiger partial charge on any atom is -0.337 e. The van der Waals surface area contributed by atoms with Crippen LogP contribution in [0.4, 0.5) is 4.39 Å². The molecule has 1 aromatic heterocycles. The van der Waals surface area contributed by atoms with Gasteiger partial charge in [0.25, 0.3) is 0 Å². The van der Waals surface area contributed by atoms with E-state index in [9.17, 15) is 12.8 Å². The zero-order valence-electron chi connectivity index (χ0n) is 12.7. The van der Waals surface area contributed by atoms with Crippen LogP contribution in [-0.4, -0.2) is 49.3 Å². The second kappa shape index (κ2) is 5.99. The molecular weight excluding hydrogens is 323 g/mol. The van der Waals surface area contributed by atoms with Gasteiger partial charge in [-0.15, -0.1) is 0 Å². The highest BCUT2D eigenvalue weighted by molar-refractivity contribution is 7.88. The molecular formula is C14H17FN4O3S. The number of rotatable bonds is 4. The topological polar surface area (TPSA) is 88.3 Å². The van der Waals surface area contributed by atoms with E-state index in [1.54, 1.807) is 12.1 Å². The lowest BCUT2D eigenvalue weighted by Gasteiger charge is -2.14. The first-order chi connectivity index (χ1) is 10.8. The molecule has 124 valence electrons. The monoisotopic (exact) mass is 340 g/mol. The number of likely N-dealkylation sites (N-methyl/N-ethyl adjacent to an activating group) is 1. The van der Waals surface area contributed by atoms with Crippen LogP contribution in [0.15, 0.2) is 28.8 Å². The summed E-state index contributed by atoms with van der Waals surface area (Å²) in [6, 6.07) is 5.47. The van der Waals surface area contributed by atoms with E-state index in [2.05, 4.69) is 14.9 Å². The van der Waals surface area contributed by atoms with Crippen molar-refractivity contribution in [2.24, 2.45) is 0 Å². The summed E-state index contributed by atoms with van der Waals surface area (Å²) in [5.41, 5.74) is 0.660. The van der Waals surface area contributed by atoms with E-state index < -0.39 is 10.0 Å². The van der Waals surface area contributed by atoms with Crippen molar-refractivity contribution in [3.05, 3.63) is 36.0 Å². The predicted octanol–water partition coefficient (Wildman–Crippen LogP) is 1.17. The Kier molecular flexibility index (Phi) is 4.17. The third kappa shape index (κ3) is 3.74. The molecule has 0 bridgehead atoms. The quantitative estimate of drug-likeness (QED) is 0.899. The van der Waals surface area contributed by atoms with Crippen LogP contribution < -0.4 is 4.72 Å². The predicted molar refractivity (Wildman–Crippen MR) is 81.4 cm³/mol. The second-order valence-electron chi connectivity index (χ2n) is 5.74. The van der Waals surface area contributed by atoms with Crippen LogP contribution in [0.2, 0.25) is 0 Å². The van der Waals surface area contributed by atoms with Crippen molar-refractivity contribution < 1.29 is 17.3 Å². The van der Waals surface area contributed by atoms with Gasteiger partial charge in [0.1, 0.15) is 5.82 Å². The molecule has 0 saturated carbocycles. The number of aromatic nitrogens is 2. The van der Waals surface area contributed by atoms with Gasteiger partial charge in [-0.05, 0) is 37.7 Å². The number of likely N-dealkylation sites (tertiary alicyclic amines) is 1. The Hall–Kier alpha value is -1.84. The van der Waals surface area contributed by atoms with Crippen molar-refractivity contribution in [2.75, 3.05) is 19.8 Å². The van der Waals surface area contributed by atoms with E-state index in [-0.39, 0.29) is 17.9 Å². The maximum atomic E-state index is 13.0. The van der Waals surface area contributed by atoms with Crippen molar-refractivity contribution in [3.8, 4) is 11.4 Å². The largest absolute Gasteiger partial charge is 0.337 e. The number of hydrogen-bond acceptors (Lipinski definition) is 6. The fourth-order valence-corrected chi connectivity index (χ4v) is 3.54. The summed E-state index contributed by atoms with van der Waals surface area (Å²) < 4.78 is 43.5. The highest BCUT2D eigenvalue weighted by Crippen LogP contribution is 2.31. The molecule has 9 heteroatoms. The summed E-state index contributed by atoms with van der Waals surface area (Å²) in [4.78, 5) is 6.32. The fourth-order valence-electron chi connectivity index (χ4n) is 2.76. The van der Waals surface area contributed by atoms with Crippen molar-refractivity contribution in [2.45, 2.75) is 18.5 Å². The minimum absolute atomic E-state index is 0.157. The molecule has 23 heavy (non-hydrogen) atoms. The molecule has 1 aromatic carbocycles. The number of halogens is 1. The third-order valence-corrected chi connectivity index (χ3v) is 4.52. The Morgan fingerprint density at radius 2 is 2.04 bits per heavy atom. The summed E-state index contributed by atoms with van der Waals surface area (Å²) in [6.45, 7) is 0.562. The van der Waals surface area contributed by atoms with Crippen LogP contribution in [0.1, 0.15) is 18.4 Å². The first kappa shape index (κ1) is 16.0. The summed E-state index contributed by atoms with van der Waals surface area (Å²) >= 11 is 0. The molecule has 1 aliphatic heterocycles. The minimum atomic E-state index is -3.26. The average Bonchev–Trinajstić information content (AvgIpc) is 3.04. The van der Waals surface area contributed by atoms with E-state index in [1.165, 1.54) is 12.1 Å². The first-order valence-electron chi connectivity index (χ1n) is 7.09. The molecule has 2 atom stereocenters. The lowest BCUT2D eigenvalue weighted by atomic mass is 10.2. The zero-order chi connectivity index (χ0) is 16.6. The number of benzene rings is 1. The molecule has 2 heterocycles. The van der Waals surface area contributed by atoms with Gasteiger partial charge in [-0.2, -0.15) is 4.98 Å². The van der Waals surface area contributed by atoms with Crippen molar-refractivity contribution >= 4 is 10.0 Å². The highest BCUT2D eigenvalue weighted by Gasteiger charge is 2.35. The SMILES string of the molecule is CN1C[C@@H](NS(C)(=O)=O)C[C@H]1c1nc(-c2ccc(F)cc2)no1. The maximum absolute atomic E-state index is 13.0. The normalized spacial score (nSPS) is 22.6. The molecule has 0 unspecified atom stereocenters. The van der Waals surface area contributed by atoms with Crippen LogP contribution in [-0.2, 0) is 10.0 Å². The van der Waals surface area contributed by atoms with E-state index >= 15 is 0 Å². The van der Waals surface area contributed by atoms with Crippen LogP contribution in [0.3, 0.4) is 0 Å². The molecule has 1 N–H and O–H groups in total. The van der Waals surface area contributed by atoms with Gasteiger partial charge >= 0.3 is 0 Å². The van der Waals surface area contributed by atoms with Gasteiger partial charge in [0.05, 0.1) is 12.3 Å². The Bertz CT molecular complexity index is 791. The lowest BCUT2D eigenvalue weighted by molar-refractivity contribution is 0.244. The van der Waals surface area contributed by atoms with Gasteiger partial charge in [0.15, 0.2) is 0 Å². The molecule has 0 radical (unpaired) electrons. The van der Waals surface area contributed by atoms with E-state index in [1.807, 2.05) is 11.9 Å². The Labute approximate surface area is 133 Å². The van der Waals surface area contributed by atoms with E-state index in [4.69, 9.17) is 4.52 Å². The first-order valence-corrected chi connectivity index (χ1v) is 8.98. The average molecular weight is 340 g/mol. The summed E-state index contributed by atoms with van der Waals surface area (Å²) in [5, 5.41) is 3.92. The molecule has 0 amide bonds. The molecule has 0 spiro atoms. The Morgan fingerprint density at radius 3 is 2.70 bits per heavy atom. The van der Waals surface area contributed by atoms with Gasteiger partial charge in [-0.1, -0.05) is 5.16 Å². The number of sulfonamides is 1. The number of nitrogens with zero attached hydrogens (tertiary/aromatic N) is 3. The number of nitrogens with one attached hydrogen (secondary N) is 1. The van der Waals surface area contributed by atoms with Crippen molar-refractivity contribution in [1.29, 1.82) is 0 Å². The Morgan fingerprint density at radius 1 is 1.35 bits per heavy atom. The molecule has 3 rings (SSSR count). The zero-order valence-corrected chi connectivity index (χ0v) is 13.5. The van der Waals surface area contributed by atoms with Crippen molar-refractivity contribution in [1.82, 2.24) is 19.8 Å². The molecule has 2 aromatic rings. The van der Waals surface area contributed by atoms with Gasteiger partial charge in [0.2, 0.25) is 21.7 Å². The second-order valence-corrected chi connectivity index (χ2v) is 7.52. The molecule has 7 nitrogen and oxygen atoms in total. The van der Waals surface area contributed by atoms with Gasteiger partial charge in [-0.3, -0.25) is 4.90 Å². The molecule has 1 saturated heterocycles. The maximum Gasteiger partial charge on any atom is 0.244 e. The van der Waals surface area contributed by atoms with Crippen LogP contribution in [0.5, 0.6) is 0 Å².